The van der Waals surface area contributed by atoms with Crippen LogP contribution in [0.2, 0.25) is 0 Å². The van der Waals surface area contributed by atoms with Gasteiger partial charge in [0.1, 0.15) is 5.82 Å². The Labute approximate surface area is 133 Å². The maximum absolute atomic E-state index is 13.9. The first-order chi connectivity index (χ1) is 10.2. The van der Waals surface area contributed by atoms with Crippen LogP contribution in [-0.2, 0) is 6.42 Å². The Morgan fingerprint density at radius 1 is 1.24 bits per heavy atom. The topological polar surface area (TPSA) is 12.0 Å². The first kappa shape index (κ1) is 14.7. The third-order valence-corrected chi connectivity index (χ3v) is 4.90. The van der Waals surface area contributed by atoms with E-state index in [1.165, 1.54) is 18.1 Å². The average molecular weight is 348 g/mol. The summed E-state index contributed by atoms with van der Waals surface area (Å²) in [4.78, 5) is 0. The second kappa shape index (κ2) is 6.29. The predicted molar refractivity (Wildman–Crippen MR) is 87.9 cm³/mol. The van der Waals surface area contributed by atoms with Crippen molar-refractivity contribution in [3.05, 3.63) is 69.9 Å². The Kier molecular flexibility index (Phi) is 4.41. The number of rotatable bonds is 5. The van der Waals surface area contributed by atoms with E-state index in [0.717, 1.165) is 16.5 Å². The van der Waals surface area contributed by atoms with Crippen molar-refractivity contribution in [1.82, 2.24) is 5.32 Å². The van der Waals surface area contributed by atoms with Crippen LogP contribution in [0, 0.1) is 11.7 Å². The van der Waals surface area contributed by atoms with Gasteiger partial charge in [0.05, 0.1) is 0 Å². The van der Waals surface area contributed by atoms with Crippen LogP contribution >= 0.6 is 15.9 Å². The van der Waals surface area contributed by atoms with Gasteiger partial charge in [-0.25, -0.2) is 4.39 Å². The second-order valence-corrected chi connectivity index (χ2v) is 6.67. The summed E-state index contributed by atoms with van der Waals surface area (Å²) in [6.07, 6.45) is 1.92. The zero-order valence-corrected chi connectivity index (χ0v) is 13.6. The van der Waals surface area contributed by atoms with E-state index in [1.807, 2.05) is 19.2 Å². The lowest BCUT2D eigenvalue weighted by Gasteiger charge is -2.17. The van der Waals surface area contributed by atoms with Crippen LogP contribution in [-0.4, -0.2) is 13.1 Å². The van der Waals surface area contributed by atoms with Gasteiger partial charge in [0.2, 0.25) is 0 Å². The van der Waals surface area contributed by atoms with E-state index in [1.54, 1.807) is 6.07 Å². The highest BCUT2D eigenvalue weighted by Crippen LogP contribution is 2.50. The van der Waals surface area contributed by atoms with Crippen LogP contribution in [0.3, 0.4) is 0 Å². The molecule has 1 nitrogen and oxygen atoms in total. The molecule has 3 unspecified atom stereocenters. The second-order valence-electron chi connectivity index (χ2n) is 5.75. The molecule has 1 saturated carbocycles. The fourth-order valence-corrected chi connectivity index (χ4v) is 3.56. The molecule has 0 amide bonds. The first-order valence-electron chi connectivity index (χ1n) is 7.35. The Morgan fingerprint density at radius 2 is 2.00 bits per heavy atom. The normalized spacial score (nSPS) is 22.0. The lowest BCUT2D eigenvalue weighted by Crippen LogP contribution is -2.30. The summed E-state index contributed by atoms with van der Waals surface area (Å²) >= 11 is 3.42. The van der Waals surface area contributed by atoms with Gasteiger partial charge in [0, 0.05) is 10.5 Å². The Hall–Kier alpha value is -1.19. The van der Waals surface area contributed by atoms with Crippen molar-refractivity contribution in [2.45, 2.75) is 24.8 Å². The smallest absolute Gasteiger partial charge is 0.126 e. The van der Waals surface area contributed by atoms with Crippen molar-refractivity contribution in [3.8, 4) is 0 Å². The van der Waals surface area contributed by atoms with Gasteiger partial charge >= 0.3 is 0 Å². The van der Waals surface area contributed by atoms with Crippen molar-refractivity contribution in [2.75, 3.05) is 7.05 Å². The lowest BCUT2D eigenvalue weighted by atomic mass is 9.98. The zero-order valence-electron chi connectivity index (χ0n) is 12.0. The van der Waals surface area contributed by atoms with Crippen LogP contribution in [0.25, 0.3) is 0 Å². The van der Waals surface area contributed by atoms with E-state index in [0.29, 0.717) is 17.9 Å². The fraction of sp³-hybridized carbons (Fsp3) is 0.333. The Bertz CT molecular complexity index is 614. The fourth-order valence-electron chi connectivity index (χ4n) is 3.15. The monoisotopic (exact) mass is 347 g/mol. The molecule has 0 saturated heterocycles. The minimum Gasteiger partial charge on any atom is -0.316 e. The van der Waals surface area contributed by atoms with E-state index in [4.69, 9.17) is 0 Å². The highest BCUT2D eigenvalue weighted by atomic mass is 79.9. The van der Waals surface area contributed by atoms with Gasteiger partial charge in [-0.2, -0.15) is 0 Å². The van der Waals surface area contributed by atoms with Crippen LogP contribution in [0.5, 0.6) is 0 Å². The predicted octanol–water partition coefficient (Wildman–Crippen LogP) is 4.52. The van der Waals surface area contributed by atoms with Crippen molar-refractivity contribution in [1.29, 1.82) is 0 Å². The van der Waals surface area contributed by atoms with Gasteiger partial charge in [0.25, 0.3) is 0 Å². The minimum atomic E-state index is -0.115. The molecule has 1 N–H and O–H groups in total. The molecule has 0 radical (unpaired) electrons. The summed E-state index contributed by atoms with van der Waals surface area (Å²) in [6, 6.07) is 16.1. The molecule has 3 heteroatoms. The molecule has 1 aliphatic carbocycles. The average Bonchev–Trinajstić information content (AvgIpc) is 3.29. The molecule has 0 heterocycles. The molecule has 21 heavy (non-hydrogen) atoms. The van der Waals surface area contributed by atoms with Crippen molar-refractivity contribution >= 4 is 15.9 Å². The van der Waals surface area contributed by atoms with Gasteiger partial charge < -0.3 is 5.32 Å². The van der Waals surface area contributed by atoms with Gasteiger partial charge in [-0.15, -0.1) is 0 Å². The number of hydrogen-bond acceptors (Lipinski definition) is 1. The summed E-state index contributed by atoms with van der Waals surface area (Å²) in [7, 11) is 1.97. The highest BCUT2D eigenvalue weighted by molar-refractivity contribution is 9.10. The largest absolute Gasteiger partial charge is 0.316 e. The molecule has 110 valence electrons. The summed E-state index contributed by atoms with van der Waals surface area (Å²) in [5, 5.41) is 3.38. The third kappa shape index (κ3) is 3.35. The Morgan fingerprint density at radius 3 is 2.71 bits per heavy atom. The number of likely N-dealkylation sites (N-methyl/N-ethyl adjacent to an activating group) is 1. The molecular weight excluding hydrogens is 329 g/mol. The molecule has 1 fully saturated rings. The molecule has 0 aliphatic heterocycles. The summed E-state index contributed by atoms with van der Waals surface area (Å²) in [5.74, 6) is 1.09. The number of halogens is 2. The lowest BCUT2D eigenvalue weighted by molar-refractivity contribution is 0.479. The SMILES string of the molecule is CNC(Cc1cc(Br)ccc1F)C1CC1c1ccccc1. The first-order valence-corrected chi connectivity index (χ1v) is 8.14. The maximum Gasteiger partial charge on any atom is 0.126 e. The Balaban J connectivity index is 1.71. The number of hydrogen-bond donors (Lipinski definition) is 1. The third-order valence-electron chi connectivity index (χ3n) is 4.40. The van der Waals surface area contributed by atoms with Crippen LogP contribution in [0.4, 0.5) is 4.39 Å². The highest BCUT2D eigenvalue weighted by Gasteiger charge is 2.43. The maximum atomic E-state index is 13.9. The van der Waals surface area contributed by atoms with E-state index in [2.05, 4.69) is 45.5 Å². The van der Waals surface area contributed by atoms with E-state index in [9.17, 15) is 4.39 Å². The van der Waals surface area contributed by atoms with Gasteiger partial charge in [-0.1, -0.05) is 46.3 Å². The number of benzene rings is 2. The van der Waals surface area contributed by atoms with Crippen LogP contribution < -0.4 is 5.32 Å². The molecule has 2 aromatic carbocycles. The summed E-state index contributed by atoms with van der Waals surface area (Å²) in [6.45, 7) is 0. The van der Waals surface area contributed by atoms with E-state index < -0.39 is 0 Å². The zero-order chi connectivity index (χ0) is 14.8. The quantitative estimate of drug-likeness (QED) is 0.838. The molecule has 2 aromatic rings. The number of nitrogens with one attached hydrogen (secondary N) is 1. The standard InChI is InChI=1S/C18H19BrFN/c1-21-18(10-13-9-14(19)7-8-17(13)20)16-11-15(16)12-5-3-2-4-6-12/h2-9,15-16,18,21H,10-11H2,1H3. The van der Waals surface area contributed by atoms with Crippen molar-refractivity contribution in [2.24, 2.45) is 5.92 Å². The van der Waals surface area contributed by atoms with E-state index in [-0.39, 0.29) is 5.82 Å². The van der Waals surface area contributed by atoms with Crippen molar-refractivity contribution in [3.63, 3.8) is 0 Å². The molecule has 3 atom stereocenters. The molecule has 0 bridgehead atoms. The molecule has 1 aliphatic rings. The summed E-state index contributed by atoms with van der Waals surface area (Å²) < 4.78 is 14.9. The van der Waals surface area contributed by atoms with Gasteiger partial charge in [-0.05, 0) is 61.1 Å². The molecule has 0 aromatic heterocycles. The minimum absolute atomic E-state index is 0.115. The molecule has 3 rings (SSSR count). The van der Waals surface area contributed by atoms with Gasteiger partial charge in [-0.3, -0.25) is 0 Å². The van der Waals surface area contributed by atoms with Crippen molar-refractivity contribution < 1.29 is 4.39 Å². The molecular formula is C18H19BrFN. The molecule has 0 spiro atoms. The van der Waals surface area contributed by atoms with Crippen LogP contribution in [0.1, 0.15) is 23.5 Å². The van der Waals surface area contributed by atoms with E-state index >= 15 is 0 Å². The van der Waals surface area contributed by atoms with Crippen LogP contribution in [0.15, 0.2) is 53.0 Å². The van der Waals surface area contributed by atoms with Gasteiger partial charge in [0.15, 0.2) is 0 Å². The summed E-state index contributed by atoms with van der Waals surface area (Å²) in [5.41, 5.74) is 2.18.